The Balaban J connectivity index is 1.81. The molecular weight excluding hydrogens is 304 g/mol. The van der Waals surface area contributed by atoms with E-state index in [-0.39, 0.29) is 12.1 Å². The van der Waals surface area contributed by atoms with E-state index in [1.54, 1.807) is 0 Å². The van der Waals surface area contributed by atoms with Gasteiger partial charge < -0.3 is 11.1 Å². The van der Waals surface area contributed by atoms with E-state index in [1.807, 2.05) is 0 Å². The van der Waals surface area contributed by atoms with Crippen LogP contribution in [-0.4, -0.2) is 6.04 Å². The molecule has 0 heterocycles. The fourth-order valence-corrected chi connectivity index (χ4v) is 4.18. The molecule has 2 nitrogen and oxygen atoms in total. The third kappa shape index (κ3) is 4.64. The molecule has 1 aliphatic rings. The summed E-state index contributed by atoms with van der Waals surface area (Å²) < 4.78 is 0. The molecule has 0 bridgehead atoms. The average molecular weight is 337 g/mol. The maximum Gasteiger partial charge on any atom is 0.0554 e. The van der Waals surface area contributed by atoms with Crippen LogP contribution in [-0.2, 0) is 0 Å². The summed E-state index contributed by atoms with van der Waals surface area (Å²) in [5.74, 6) is 1.04. The largest absolute Gasteiger partial charge is 0.378 e. The Morgan fingerprint density at radius 3 is 2.20 bits per heavy atom. The van der Waals surface area contributed by atoms with Crippen molar-refractivity contribution >= 4 is 5.69 Å². The van der Waals surface area contributed by atoms with Gasteiger partial charge in [0.05, 0.1) is 6.04 Å². The van der Waals surface area contributed by atoms with Crippen LogP contribution in [0.3, 0.4) is 0 Å². The average Bonchev–Trinajstić information content (AvgIpc) is 2.68. The predicted octanol–water partition coefficient (Wildman–Crippen LogP) is 5.69. The molecule has 1 saturated carbocycles. The minimum absolute atomic E-state index is 0.237. The zero-order chi connectivity index (χ0) is 17.6. The van der Waals surface area contributed by atoms with Gasteiger partial charge in [0.25, 0.3) is 0 Å². The molecule has 1 aliphatic carbocycles. The molecule has 25 heavy (non-hydrogen) atoms. The van der Waals surface area contributed by atoms with E-state index in [0.717, 1.165) is 0 Å². The van der Waals surface area contributed by atoms with Crippen LogP contribution in [0.15, 0.2) is 54.6 Å². The maximum atomic E-state index is 6.77. The lowest BCUT2D eigenvalue weighted by Crippen LogP contribution is -2.41. The van der Waals surface area contributed by atoms with Crippen molar-refractivity contribution in [2.45, 2.75) is 58.0 Å². The van der Waals surface area contributed by atoms with Crippen LogP contribution < -0.4 is 11.1 Å². The molecule has 0 saturated heterocycles. The number of hydrogen-bond donors (Lipinski definition) is 2. The Morgan fingerprint density at radius 1 is 0.920 bits per heavy atom. The second-order valence-electron chi connectivity index (χ2n) is 7.73. The molecule has 134 valence electrons. The molecule has 3 rings (SSSR count). The molecule has 0 radical (unpaired) electrons. The van der Waals surface area contributed by atoms with Gasteiger partial charge in [-0.05, 0) is 49.3 Å². The van der Waals surface area contributed by atoms with E-state index in [4.69, 9.17) is 5.73 Å². The molecule has 3 atom stereocenters. The fraction of sp³-hybridized carbons (Fsp3) is 0.478. The first-order valence-corrected chi connectivity index (χ1v) is 9.79. The molecule has 3 unspecified atom stereocenters. The van der Waals surface area contributed by atoms with Gasteiger partial charge in [0.1, 0.15) is 0 Å². The molecule has 0 spiro atoms. The molecule has 0 aromatic heterocycles. The zero-order valence-corrected chi connectivity index (χ0v) is 15.6. The second-order valence-corrected chi connectivity index (χ2v) is 7.73. The van der Waals surface area contributed by atoms with Gasteiger partial charge in [-0.3, -0.25) is 0 Å². The molecule has 0 amide bonds. The van der Waals surface area contributed by atoms with Crippen molar-refractivity contribution < 1.29 is 0 Å². The molecular formula is C23H32N2. The van der Waals surface area contributed by atoms with E-state index in [2.05, 4.69) is 73.8 Å². The van der Waals surface area contributed by atoms with Gasteiger partial charge in [-0.1, -0.05) is 74.2 Å². The lowest BCUT2D eigenvalue weighted by Gasteiger charge is -2.36. The van der Waals surface area contributed by atoms with Gasteiger partial charge >= 0.3 is 0 Å². The van der Waals surface area contributed by atoms with Crippen LogP contribution in [0.25, 0.3) is 0 Å². The van der Waals surface area contributed by atoms with Gasteiger partial charge in [0, 0.05) is 11.7 Å². The summed E-state index contributed by atoms with van der Waals surface area (Å²) in [6, 6.07) is 19.9. The van der Waals surface area contributed by atoms with Crippen LogP contribution in [0.5, 0.6) is 0 Å². The predicted molar refractivity (Wildman–Crippen MR) is 108 cm³/mol. The number of rotatable bonds is 6. The first kappa shape index (κ1) is 18.0. The molecule has 2 heteroatoms. The summed E-state index contributed by atoms with van der Waals surface area (Å²) in [6.45, 7) is 4.44. The van der Waals surface area contributed by atoms with Crippen LogP contribution in [0.1, 0.15) is 56.2 Å². The van der Waals surface area contributed by atoms with Gasteiger partial charge in [-0.15, -0.1) is 0 Å². The third-order valence-electron chi connectivity index (χ3n) is 5.86. The number of aryl methyl sites for hydroxylation is 1. The topological polar surface area (TPSA) is 38.0 Å². The summed E-state index contributed by atoms with van der Waals surface area (Å²) in [5.41, 5.74) is 10.5. The highest BCUT2D eigenvalue weighted by Gasteiger charge is 2.30. The second kappa shape index (κ2) is 8.53. The smallest absolute Gasteiger partial charge is 0.0554 e. The van der Waals surface area contributed by atoms with Crippen molar-refractivity contribution in [1.82, 2.24) is 0 Å². The van der Waals surface area contributed by atoms with E-state index in [1.165, 1.54) is 48.9 Å². The van der Waals surface area contributed by atoms with E-state index in [0.29, 0.717) is 11.8 Å². The minimum atomic E-state index is 0.237. The summed E-state index contributed by atoms with van der Waals surface area (Å²) in [5, 5.41) is 3.76. The minimum Gasteiger partial charge on any atom is -0.378 e. The van der Waals surface area contributed by atoms with E-state index >= 15 is 0 Å². The van der Waals surface area contributed by atoms with Crippen molar-refractivity contribution in [2.75, 3.05) is 5.32 Å². The molecule has 2 aromatic carbocycles. The van der Waals surface area contributed by atoms with Crippen molar-refractivity contribution in [3.05, 3.63) is 65.7 Å². The Hall–Kier alpha value is -1.80. The summed E-state index contributed by atoms with van der Waals surface area (Å²) >= 11 is 0. The van der Waals surface area contributed by atoms with E-state index < -0.39 is 0 Å². The number of nitrogens with two attached hydrogens (primary N) is 1. The number of benzene rings is 2. The van der Waals surface area contributed by atoms with Gasteiger partial charge in [-0.25, -0.2) is 0 Å². The van der Waals surface area contributed by atoms with Gasteiger partial charge in [0.2, 0.25) is 0 Å². The van der Waals surface area contributed by atoms with Crippen LogP contribution in [0, 0.1) is 18.8 Å². The van der Waals surface area contributed by atoms with Crippen LogP contribution in [0.4, 0.5) is 5.69 Å². The maximum absolute atomic E-state index is 6.77. The first-order chi connectivity index (χ1) is 12.1. The molecule has 2 aromatic rings. The Bertz CT molecular complexity index is 629. The quantitative estimate of drug-likeness (QED) is 0.711. The number of hydrogen-bond acceptors (Lipinski definition) is 2. The van der Waals surface area contributed by atoms with Crippen LogP contribution >= 0.6 is 0 Å². The summed E-state index contributed by atoms with van der Waals surface area (Å²) in [4.78, 5) is 0. The lowest BCUT2D eigenvalue weighted by atomic mass is 9.76. The van der Waals surface area contributed by atoms with Crippen LogP contribution in [0.2, 0.25) is 0 Å². The summed E-state index contributed by atoms with van der Waals surface area (Å²) in [6.07, 6.45) is 6.63. The fourth-order valence-electron chi connectivity index (χ4n) is 4.18. The standard InChI is InChI=1S/C23H32N2/c1-17-13-15-21(16-14-17)25-23(20-11-7-4-8-12-20)18(2)22(24)19-9-5-3-6-10-19/h4,7-8,11-16,18-19,22-23,25H,3,5-6,9-10,24H2,1-2H3. The number of nitrogens with one attached hydrogen (secondary N) is 1. The van der Waals surface area contributed by atoms with Crippen molar-refractivity contribution in [3.8, 4) is 0 Å². The van der Waals surface area contributed by atoms with E-state index in [9.17, 15) is 0 Å². The molecule has 3 N–H and O–H groups in total. The van der Waals surface area contributed by atoms with Crippen molar-refractivity contribution in [2.24, 2.45) is 17.6 Å². The highest BCUT2D eigenvalue weighted by molar-refractivity contribution is 5.47. The van der Waals surface area contributed by atoms with Gasteiger partial charge in [0.15, 0.2) is 0 Å². The van der Waals surface area contributed by atoms with Gasteiger partial charge in [-0.2, -0.15) is 0 Å². The molecule has 1 fully saturated rings. The van der Waals surface area contributed by atoms with Crippen molar-refractivity contribution in [1.29, 1.82) is 0 Å². The monoisotopic (exact) mass is 336 g/mol. The Morgan fingerprint density at radius 2 is 1.56 bits per heavy atom. The number of anilines is 1. The highest BCUT2D eigenvalue weighted by atomic mass is 14.9. The summed E-state index contributed by atoms with van der Waals surface area (Å²) in [7, 11) is 0. The first-order valence-electron chi connectivity index (χ1n) is 9.79. The van der Waals surface area contributed by atoms with Crippen molar-refractivity contribution in [3.63, 3.8) is 0 Å². The molecule has 0 aliphatic heterocycles. The lowest BCUT2D eigenvalue weighted by molar-refractivity contribution is 0.238. The highest BCUT2D eigenvalue weighted by Crippen LogP contribution is 2.35. The zero-order valence-electron chi connectivity index (χ0n) is 15.6. The SMILES string of the molecule is Cc1ccc(NC(c2ccccc2)C(C)C(N)C2CCCCC2)cc1. The Labute approximate surface area is 152 Å². The Kier molecular flexibility index (Phi) is 6.14. The third-order valence-corrected chi connectivity index (χ3v) is 5.86. The normalized spacial score (nSPS) is 19.2.